The summed E-state index contributed by atoms with van der Waals surface area (Å²) >= 11 is 0. The van der Waals surface area contributed by atoms with Gasteiger partial charge in [0.2, 0.25) is 0 Å². The third-order valence-electron chi connectivity index (χ3n) is 3.18. The molecule has 0 radical (unpaired) electrons. The third-order valence-corrected chi connectivity index (χ3v) is 3.18. The summed E-state index contributed by atoms with van der Waals surface area (Å²) in [6, 6.07) is 2.34. The van der Waals surface area contributed by atoms with Gasteiger partial charge in [0.1, 0.15) is 0 Å². The number of hydrogen-bond donors (Lipinski definition) is 1. The van der Waals surface area contributed by atoms with Crippen molar-refractivity contribution in [2.24, 2.45) is 12.8 Å². The molecule has 2 N–H and O–H groups in total. The molecule has 0 spiro atoms. The van der Waals surface area contributed by atoms with Gasteiger partial charge in [-0.3, -0.25) is 4.68 Å². The molecule has 0 aliphatic carbocycles. The van der Waals surface area contributed by atoms with E-state index in [0.717, 1.165) is 30.5 Å². The van der Waals surface area contributed by atoms with Crippen LogP contribution in [0.1, 0.15) is 6.42 Å². The highest BCUT2D eigenvalue weighted by molar-refractivity contribution is 5.89. The first kappa shape index (κ1) is 9.59. The van der Waals surface area contributed by atoms with E-state index in [9.17, 15) is 0 Å². The summed E-state index contributed by atoms with van der Waals surface area (Å²) in [6.07, 6.45) is 4.77. The van der Waals surface area contributed by atoms with Gasteiger partial charge >= 0.3 is 0 Å². The highest BCUT2D eigenvalue weighted by Gasteiger charge is 2.21. The second-order valence-electron chi connectivity index (χ2n) is 4.33. The molecule has 16 heavy (non-hydrogen) atoms. The first-order valence-electron chi connectivity index (χ1n) is 5.53. The fraction of sp³-hybridized carbons (Fsp3) is 0.455. The highest BCUT2D eigenvalue weighted by Crippen LogP contribution is 2.27. The number of hydrogen-bond acceptors (Lipinski definition) is 4. The Bertz CT molecular complexity index is 518. The Morgan fingerprint density at radius 3 is 3.12 bits per heavy atom. The van der Waals surface area contributed by atoms with Gasteiger partial charge in [0.25, 0.3) is 0 Å². The van der Waals surface area contributed by atoms with Gasteiger partial charge < -0.3 is 10.6 Å². The van der Waals surface area contributed by atoms with E-state index in [2.05, 4.69) is 15.0 Å². The summed E-state index contributed by atoms with van der Waals surface area (Å²) in [5, 5.41) is 5.35. The maximum atomic E-state index is 5.93. The Kier molecular flexibility index (Phi) is 2.07. The maximum absolute atomic E-state index is 5.93. The van der Waals surface area contributed by atoms with Crippen LogP contribution in [0, 0.1) is 0 Å². The molecule has 1 aliphatic heterocycles. The van der Waals surface area contributed by atoms with Crippen LogP contribution in [-0.2, 0) is 7.05 Å². The lowest BCUT2D eigenvalue weighted by Crippen LogP contribution is -2.26. The van der Waals surface area contributed by atoms with E-state index in [4.69, 9.17) is 5.73 Å². The number of anilines is 1. The lowest BCUT2D eigenvalue weighted by atomic mass is 10.2. The van der Waals surface area contributed by atoms with Gasteiger partial charge in [-0.25, -0.2) is 4.98 Å². The molecule has 0 amide bonds. The average molecular weight is 217 g/mol. The lowest BCUT2D eigenvalue weighted by Gasteiger charge is -2.18. The molecule has 1 unspecified atom stereocenters. The van der Waals surface area contributed by atoms with Gasteiger partial charge in [0, 0.05) is 32.4 Å². The van der Waals surface area contributed by atoms with Crippen molar-refractivity contribution in [2.45, 2.75) is 12.5 Å². The van der Waals surface area contributed by atoms with E-state index in [1.54, 1.807) is 4.68 Å². The summed E-state index contributed by atoms with van der Waals surface area (Å²) in [4.78, 5) is 6.65. The molecular weight excluding hydrogens is 202 g/mol. The Balaban J connectivity index is 2.09. The SMILES string of the molecule is Cn1ncc2c(N3CCC(N)C3)ccnc21. The van der Waals surface area contributed by atoms with Crippen LogP contribution < -0.4 is 10.6 Å². The third kappa shape index (κ3) is 1.36. The Labute approximate surface area is 93.9 Å². The molecule has 5 heteroatoms. The number of fused-ring (bicyclic) bond motifs is 1. The molecule has 0 aromatic carbocycles. The van der Waals surface area contributed by atoms with Crippen molar-refractivity contribution < 1.29 is 0 Å². The fourth-order valence-electron chi connectivity index (χ4n) is 2.31. The smallest absolute Gasteiger partial charge is 0.159 e. The van der Waals surface area contributed by atoms with Crippen LogP contribution in [-0.4, -0.2) is 33.9 Å². The normalized spacial score (nSPS) is 20.9. The van der Waals surface area contributed by atoms with Crippen LogP contribution in [0.15, 0.2) is 18.5 Å². The van der Waals surface area contributed by atoms with Crippen molar-refractivity contribution in [2.75, 3.05) is 18.0 Å². The first-order chi connectivity index (χ1) is 7.75. The van der Waals surface area contributed by atoms with Crippen molar-refractivity contribution in [1.82, 2.24) is 14.8 Å². The van der Waals surface area contributed by atoms with Gasteiger partial charge in [0.15, 0.2) is 5.65 Å². The molecule has 3 rings (SSSR count). The van der Waals surface area contributed by atoms with E-state index < -0.39 is 0 Å². The minimum Gasteiger partial charge on any atom is -0.369 e. The molecule has 2 aromatic heterocycles. The fourth-order valence-corrected chi connectivity index (χ4v) is 2.31. The van der Waals surface area contributed by atoms with E-state index in [1.807, 2.05) is 25.5 Å². The van der Waals surface area contributed by atoms with Crippen molar-refractivity contribution in [3.63, 3.8) is 0 Å². The largest absolute Gasteiger partial charge is 0.369 e. The minimum atomic E-state index is 0.292. The zero-order valence-electron chi connectivity index (χ0n) is 9.30. The molecule has 1 aliphatic rings. The predicted octanol–water partition coefficient (Wildman–Crippen LogP) is 0.506. The van der Waals surface area contributed by atoms with Gasteiger partial charge in [-0.2, -0.15) is 5.10 Å². The molecule has 84 valence electrons. The Morgan fingerprint density at radius 2 is 2.38 bits per heavy atom. The molecule has 5 nitrogen and oxygen atoms in total. The molecule has 1 atom stereocenters. The van der Waals surface area contributed by atoms with E-state index in [-0.39, 0.29) is 0 Å². The van der Waals surface area contributed by atoms with E-state index >= 15 is 0 Å². The van der Waals surface area contributed by atoms with Crippen molar-refractivity contribution in [3.05, 3.63) is 18.5 Å². The van der Waals surface area contributed by atoms with Crippen LogP contribution in [0.2, 0.25) is 0 Å². The van der Waals surface area contributed by atoms with Crippen LogP contribution in [0.5, 0.6) is 0 Å². The van der Waals surface area contributed by atoms with Crippen molar-refractivity contribution in [3.8, 4) is 0 Å². The van der Waals surface area contributed by atoms with Crippen molar-refractivity contribution >= 4 is 16.7 Å². The number of aromatic nitrogens is 3. The molecule has 3 heterocycles. The van der Waals surface area contributed by atoms with E-state index in [0.29, 0.717) is 6.04 Å². The molecule has 0 saturated carbocycles. The van der Waals surface area contributed by atoms with Gasteiger partial charge in [0.05, 0.1) is 17.3 Å². The maximum Gasteiger partial charge on any atom is 0.159 e. The van der Waals surface area contributed by atoms with Gasteiger partial charge in [-0.15, -0.1) is 0 Å². The summed E-state index contributed by atoms with van der Waals surface area (Å²) in [6.45, 7) is 1.95. The second-order valence-corrected chi connectivity index (χ2v) is 4.33. The standard InChI is InChI=1S/C11H15N5/c1-15-11-9(6-14-15)10(2-4-13-11)16-5-3-8(12)7-16/h2,4,6,8H,3,5,7,12H2,1H3. The van der Waals surface area contributed by atoms with Crippen LogP contribution in [0.4, 0.5) is 5.69 Å². The molecule has 0 bridgehead atoms. The van der Waals surface area contributed by atoms with E-state index in [1.165, 1.54) is 5.69 Å². The summed E-state index contributed by atoms with van der Waals surface area (Å²) < 4.78 is 1.80. The number of rotatable bonds is 1. The van der Waals surface area contributed by atoms with Gasteiger partial charge in [-0.1, -0.05) is 0 Å². The number of aryl methyl sites for hydroxylation is 1. The monoisotopic (exact) mass is 217 g/mol. The second kappa shape index (κ2) is 3.45. The van der Waals surface area contributed by atoms with Crippen molar-refractivity contribution in [1.29, 1.82) is 0 Å². The molecular formula is C11H15N5. The van der Waals surface area contributed by atoms with Gasteiger partial charge in [-0.05, 0) is 12.5 Å². The summed E-state index contributed by atoms with van der Waals surface area (Å²) in [7, 11) is 1.91. The van der Waals surface area contributed by atoms with Crippen LogP contribution >= 0.6 is 0 Å². The minimum absolute atomic E-state index is 0.292. The number of nitrogens with zero attached hydrogens (tertiary/aromatic N) is 4. The number of nitrogens with two attached hydrogens (primary N) is 1. The first-order valence-corrected chi connectivity index (χ1v) is 5.53. The Hall–Kier alpha value is -1.62. The predicted molar refractivity (Wildman–Crippen MR) is 63.3 cm³/mol. The molecule has 1 fully saturated rings. The zero-order valence-corrected chi connectivity index (χ0v) is 9.30. The zero-order chi connectivity index (χ0) is 11.1. The molecule has 2 aromatic rings. The Morgan fingerprint density at radius 1 is 1.50 bits per heavy atom. The molecule has 1 saturated heterocycles. The lowest BCUT2D eigenvalue weighted by molar-refractivity contribution is 0.752. The van der Waals surface area contributed by atoms with Crippen LogP contribution in [0.3, 0.4) is 0 Å². The topological polar surface area (TPSA) is 60.0 Å². The number of pyridine rings is 1. The summed E-state index contributed by atoms with van der Waals surface area (Å²) in [5.41, 5.74) is 8.06. The quantitative estimate of drug-likeness (QED) is 0.756. The average Bonchev–Trinajstić information content (AvgIpc) is 2.86. The van der Waals surface area contributed by atoms with Crippen LogP contribution in [0.25, 0.3) is 11.0 Å². The summed E-state index contributed by atoms with van der Waals surface area (Å²) in [5.74, 6) is 0. The highest BCUT2D eigenvalue weighted by atomic mass is 15.3.